The molecule has 1 aliphatic rings. The van der Waals surface area contributed by atoms with E-state index in [4.69, 9.17) is 0 Å². The average molecular weight is 338 g/mol. The third kappa shape index (κ3) is 4.40. The molecule has 0 aliphatic carbocycles. The predicted octanol–water partition coefficient (Wildman–Crippen LogP) is 3.17. The van der Waals surface area contributed by atoms with Crippen molar-refractivity contribution < 1.29 is 9.90 Å². The van der Waals surface area contributed by atoms with Gasteiger partial charge in [0, 0.05) is 26.2 Å². The maximum Gasteiger partial charge on any atom is 0.257 e. The van der Waals surface area contributed by atoms with E-state index in [9.17, 15) is 9.90 Å². The molecule has 3 rings (SSSR count). The van der Waals surface area contributed by atoms with Crippen LogP contribution in [0.25, 0.3) is 0 Å². The highest BCUT2D eigenvalue weighted by Gasteiger charge is 2.27. The van der Waals surface area contributed by atoms with Gasteiger partial charge in [0.2, 0.25) is 0 Å². The number of aromatic hydroxyl groups is 1. The maximum absolute atomic E-state index is 12.7. The molecule has 0 saturated carbocycles. The highest BCUT2D eigenvalue weighted by molar-refractivity contribution is 5.96. The van der Waals surface area contributed by atoms with Gasteiger partial charge in [0.25, 0.3) is 5.91 Å². The molecule has 1 amide bonds. The van der Waals surface area contributed by atoms with Crippen molar-refractivity contribution in [2.24, 2.45) is 0 Å². The second-order valence-electron chi connectivity index (χ2n) is 6.77. The van der Waals surface area contributed by atoms with Gasteiger partial charge in [0.1, 0.15) is 5.75 Å². The fraction of sp³-hybridized carbons (Fsp3) is 0.381. The summed E-state index contributed by atoms with van der Waals surface area (Å²) in [4.78, 5) is 16.9. The topological polar surface area (TPSA) is 43.8 Å². The van der Waals surface area contributed by atoms with Gasteiger partial charge >= 0.3 is 0 Å². The zero-order valence-electron chi connectivity index (χ0n) is 14.8. The summed E-state index contributed by atoms with van der Waals surface area (Å²) in [6.45, 7) is 2.99. The van der Waals surface area contributed by atoms with Crippen LogP contribution in [0.2, 0.25) is 0 Å². The fourth-order valence-electron chi connectivity index (χ4n) is 3.49. The van der Waals surface area contributed by atoms with Gasteiger partial charge in [0.15, 0.2) is 0 Å². The molecule has 0 spiro atoms. The van der Waals surface area contributed by atoms with Gasteiger partial charge in [-0.25, -0.2) is 0 Å². The molecule has 1 N–H and O–H groups in total. The van der Waals surface area contributed by atoms with Gasteiger partial charge < -0.3 is 14.9 Å². The van der Waals surface area contributed by atoms with Crippen molar-refractivity contribution in [2.75, 3.05) is 26.7 Å². The van der Waals surface area contributed by atoms with E-state index in [2.05, 4.69) is 29.2 Å². The van der Waals surface area contributed by atoms with Crippen molar-refractivity contribution in [3.63, 3.8) is 0 Å². The maximum atomic E-state index is 12.7. The fourth-order valence-corrected chi connectivity index (χ4v) is 3.49. The van der Waals surface area contributed by atoms with Crippen molar-refractivity contribution in [2.45, 2.75) is 25.3 Å². The lowest BCUT2D eigenvalue weighted by molar-refractivity contribution is 0.0616. The van der Waals surface area contributed by atoms with Crippen LogP contribution in [0.3, 0.4) is 0 Å². The predicted molar refractivity (Wildman–Crippen MR) is 99.8 cm³/mol. The molecule has 1 saturated heterocycles. The van der Waals surface area contributed by atoms with E-state index in [0.717, 1.165) is 38.9 Å². The summed E-state index contributed by atoms with van der Waals surface area (Å²) >= 11 is 0. The number of phenols is 1. The first-order chi connectivity index (χ1) is 12.1. The molecule has 0 radical (unpaired) electrons. The molecule has 2 aromatic carbocycles. The Morgan fingerprint density at radius 2 is 1.88 bits per heavy atom. The minimum Gasteiger partial charge on any atom is -0.507 e. The molecule has 0 bridgehead atoms. The average Bonchev–Trinajstić information content (AvgIpc) is 2.67. The first kappa shape index (κ1) is 17.5. The Morgan fingerprint density at radius 1 is 1.16 bits per heavy atom. The molecule has 132 valence electrons. The number of carbonyl (C=O) groups is 1. The van der Waals surface area contributed by atoms with Crippen LogP contribution >= 0.6 is 0 Å². The second-order valence-corrected chi connectivity index (χ2v) is 6.77. The van der Waals surface area contributed by atoms with Gasteiger partial charge in [-0.1, -0.05) is 42.5 Å². The molecule has 1 unspecified atom stereocenters. The van der Waals surface area contributed by atoms with Crippen LogP contribution in [0, 0.1) is 0 Å². The van der Waals surface area contributed by atoms with Gasteiger partial charge in [-0.3, -0.25) is 4.79 Å². The molecule has 1 aliphatic heterocycles. The molecular formula is C21H26N2O2. The number of carbonyl (C=O) groups excluding carboxylic acids is 1. The monoisotopic (exact) mass is 338 g/mol. The summed E-state index contributed by atoms with van der Waals surface area (Å²) in [7, 11) is 1.85. The van der Waals surface area contributed by atoms with Crippen LogP contribution in [0.5, 0.6) is 5.75 Å². The summed E-state index contributed by atoms with van der Waals surface area (Å²) in [5.74, 6) is -0.0518. The van der Waals surface area contributed by atoms with Crippen molar-refractivity contribution >= 4 is 5.91 Å². The first-order valence-corrected chi connectivity index (χ1v) is 8.96. The number of para-hydroxylation sites is 1. The van der Waals surface area contributed by atoms with E-state index in [1.165, 1.54) is 5.56 Å². The number of nitrogens with zero attached hydrogens (tertiary/aromatic N) is 2. The van der Waals surface area contributed by atoms with E-state index < -0.39 is 0 Å². The zero-order chi connectivity index (χ0) is 17.6. The number of benzene rings is 2. The third-order valence-electron chi connectivity index (χ3n) is 5.04. The Kier molecular flexibility index (Phi) is 5.71. The minimum absolute atomic E-state index is 0.0519. The highest BCUT2D eigenvalue weighted by atomic mass is 16.3. The van der Waals surface area contributed by atoms with E-state index >= 15 is 0 Å². The standard InChI is InChI=1S/C21H26N2O2/c1-22(21(25)19-11-5-6-12-20(19)24)18-10-7-14-23(16-18)15-13-17-8-3-2-4-9-17/h2-6,8-9,11-12,18,24H,7,10,13-16H2,1H3. The largest absolute Gasteiger partial charge is 0.507 e. The van der Waals surface area contributed by atoms with Crippen LogP contribution in [0.15, 0.2) is 54.6 Å². The Labute approximate surface area is 149 Å². The summed E-state index contributed by atoms with van der Waals surface area (Å²) in [6, 6.07) is 17.5. The molecule has 0 aromatic heterocycles. The van der Waals surface area contributed by atoms with E-state index in [1.54, 1.807) is 29.2 Å². The lowest BCUT2D eigenvalue weighted by Gasteiger charge is -2.37. The Hall–Kier alpha value is -2.33. The zero-order valence-corrected chi connectivity index (χ0v) is 14.8. The number of rotatable bonds is 5. The van der Waals surface area contributed by atoms with E-state index in [0.29, 0.717) is 5.56 Å². The summed E-state index contributed by atoms with van der Waals surface area (Å²) in [6.07, 6.45) is 3.14. The summed E-state index contributed by atoms with van der Waals surface area (Å²) in [5.41, 5.74) is 1.73. The SMILES string of the molecule is CN(C(=O)c1ccccc1O)C1CCCN(CCc2ccccc2)C1. The van der Waals surface area contributed by atoms with Gasteiger partial charge in [-0.05, 0) is 43.5 Å². The molecule has 1 heterocycles. The lowest BCUT2D eigenvalue weighted by atomic mass is 10.0. The number of amides is 1. The molecule has 4 nitrogen and oxygen atoms in total. The van der Waals surface area contributed by atoms with Crippen molar-refractivity contribution in [3.05, 3.63) is 65.7 Å². The molecule has 4 heteroatoms. The summed E-state index contributed by atoms with van der Waals surface area (Å²) < 4.78 is 0. The highest BCUT2D eigenvalue weighted by Crippen LogP contribution is 2.21. The number of phenolic OH excluding ortho intramolecular Hbond substituents is 1. The molecule has 2 aromatic rings. The van der Waals surface area contributed by atoms with Crippen LogP contribution in [0.1, 0.15) is 28.8 Å². The number of piperidine rings is 1. The molecular weight excluding hydrogens is 312 g/mol. The quantitative estimate of drug-likeness (QED) is 0.911. The van der Waals surface area contributed by atoms with Gasteiger partial charge in [0.05, 0.1) is 5.56 Å². The summed E-state index contributed by atoms with van der Waals surface area (Å²) in [5, 5.41) is 9.93. The normalized spacial score (nSPS) is 18.0. The van der Waals surface area contributed by atoms with Crippen molar-refractivity contribution in [1.29, 1.82) is 0 Å². The Balaban J connectivity index is 1.59. The first-order valence-electron chi connectivity index (χ1n) is 8.96. The molecule has 1 fully saturated rings. The Morgan fingerprint density at radius 3 is 2.64 bits per heavy atom. The molecule has 1 atom stereocenters. The van der Waals surface area contributed by atoms with Crippen LogP contribution in [0.4, 0.5) is 0 Å². The number of hydrogen-bond acceptors (Lipinski definition) is 3. The van der Waals surface area contributed by atoms with E-state index in [1.807, 2.05) is 13.1 Å². The molecule has 25 heavy (non-hydrogen) atoms. The number of hydrogen-bond donors (Lipinski definition) is 1. The van der Waals surface area contributed by atoms with Crippen molar-refractivity contribution in [3.8, 4) is 5.75 Å². The van der Waals surface area contributed by atoms with Crippen molar-refractivity contribution in [1.82, 2.24) is 9.80 Å². The van der Waals surface area contributed by atoms with Crippen LogP contribution in [-0.4, -0.2) is 53.5 Å². The van der Waals surface area contributed by atoms with Gasteiger partial charge in [-0.15, -0.1) is 0 Å². The third-order valence-corrected chi connectivity index (χ3v) is 5.04. The van der Waals surface area contributed by atoms with Crippen LogP contribution in [-0.2, 0) is 6.42 Å². The number of likely N-dealkylation sites (N-methyl/N-ethyl adjacent to an activating group) is 1. The lowest BCUT2D eigenvalue weighted by Crippen LogP contribution is -2.49. The smallest absolute Gasteiger partial charge is 0.257 e. The number of likely N-dealkylation sites (tertiary alicyclic amines) is 1. The van der Waals surface area contributed by atoms with E-state index in [-0.39, 0.29) is 17.7 Å². The van der Waals surface area contributed by atoms with Gasteiger partial charge in [-0.2, -0.15) is 0 Å². The second kappa shape index (κ2) is 8.17. The Bertz CT molecular complexity index is 702. The minimum atomic E-state index is -0.104. The van der Waals surface area contributed by atoms with Crippen LogP contribution < -0.4 is 0 Å².